The predicted octanol–water partition coefficient (Wildman–Crippen LogP) is -3.42. The van der Waals surface area contributed by atoms with E-state index in [0.717, 1.165) is 12.1 Å². The number of carbonyl (C=O) groups is 1. The van der Waals surface area contributed by atoms with Gasteiger partial charge in [0.1, 0.15) is 12.1 Å². The van der Waals surface area contributed by atoms with Crippen LogP contribution in [-0.4, -0.2) is 35.2 Å². The van der Waals surface area contributed by atoms with Crippen LogP contribution in [0.4, 0.5) is 22.0 Å². The minimum atomic E-state index is -6.31. The standard InChI is InChI=1S/C8HF5N4O2.Na/c9-7(10,8(11,12)13)6(5(18)19)16-3(1-14)4(2-15)17-6;/h(H,18,19);/q;+1/p-1. The van der Waals surface area contributed by atoms with Crippen LogP contribution in [0.2, 0.25) is 0 Å². The van der Waals surface area contributed by atoms with Gasteiger partial charge >= 0.3 is 41.7 Å². The van der Waals surface area contributed by atoms with Gasteiger partial charge in [0.25, 0.3) is 5.66 Å². The van der Waals surface area contributed by atoms with E-state index in [0.29, 0.717) is 0 Å². The van der Waals surface area contributed by atoms with Crippen LogP contribution in [-0.2, 0) is 4.79 Å². The number of hydrogen-bond acceptors (Lipinski definition) is 6. The van der Waals surface area contributed by atoms with E-state index in [2.05, 4.69) is 9.98 Å². The van der Waals surface area contributed by atoms with E-state index in [-0.39, 0.29) is 29.6 Å². The summed E-state index contributed by atoms with van der Waals surface area (Å²) < 4.78 is 63.0. The largest absolute Gasteiger partial charge is 1.00 e. The molecule has 6 nitrogen and oxygen atoms in total. The summed E-state index contributed by atoms with van der Waals surface area (Å²) in [6.45, 7) is 0. The molecule has 0 saturated heterocycles. The Bertz CT molecular complexity index is 553. The van der Waals surface area contributed by atoms with Crippen LogP contribution in [0.25, 0.3) is 0 Å². The van der Waals surface area contributed by atoms with Gasteiger partial charge in [-0.3, -0.25) is 0 Å². The van der Waals surface area contributed by atoms with Crippen LogP contribution in [0.1, 0.15) is 0 Å². The summed E-state index contributed by atoms with van der Waals surface area (Å²) >= 11 is 0. The van der Waals surface area contributed by atoms with Crippen molar-refractivity contribution in [1.29, 1.82) is 10.5 Å². The predicted molar refractivity (Wildman–Crippen MR) is 44.8 cm³/mol. The van der Waals surface area contributed by atoms with E-state index in [1.54, 1.807) is 0 Å². The minimum absolute atomic E-state index is 0. The van der Waals surface area contributed by atoms with Gasteiger partial charge in [-0.15, -0.1) is 0 Å². The molecular weight excluding hydrogens is 302 g/mol. The summed E-state index contributed by atoms with van der Waals surface area (Å²) in [5.41, 5.74) is -6.88. The van der Waals surface area contributed by atoms with Crippen LogP contribution < -0.4 is 34.7 Å². The average molecular weight is 302 g/mol. The van der Waals surface area contributed by atoms with Crippen LogP contribution >= 0.6 is 0 Å². The molecule has 0 unspecified atom stereocenters. The molecule has 0 spiro atoms. The molecule has 0 amide bonds. The van der Waals surface area contributed by atoms with Gasteiger partial charge in [-0.05, 0) is 0 Å². The number of carboxylic acids is 1. The molecular formula is C8F5N4NaO2. The van der Waals surface area contributed by atoms with Crippen molar-refractivity contribution in [1.82, 2.24) is 0 Å². The summed E-state index contributed by atoms with van der Waals surface area (Å²) in [7, 11) is 0. The van der Waals surface area contributed by atoms with Gasteiger partial charge in [0.2, 0.25) is 0 Å². The molecule has 0 aromatic rings. The second kappa shape index (κ2) is 5.44. The summed E-state index contributed by atoms with van der Waals surface area (Å²) in [5.74, 6) is -8.92. The number of carboxylic acid groups (broad SMARTS) is 1. The fourth-order valence-electron chi connectivity index (χ4n) is 1.17. The summed E-state index contributed by atoms with van der Waals surface area (Å²) in [5, 5.41) is 27.4. The van der Waals surface area contributed by atoms with Crippen molar-refractivity contribution in [3.8, 4) is 12.1 Å². The van der Waals surface area contributed by atoms with Crippen LogP contribution in [0.15, 0.2) is 9.98 Å². The number of aliphatic carboxylic acids is 1. The zero-order valence-electron chi connectivity index (χ0n) is 9.50. The maximum Gasteiger partial charge on any atom is 1.00 e. The Kier molecular flexibility index (Phi) is 5.01. The van der Waals surface area contributed by atoms with Gasteiger partial charge in [-0.25, -0.2) is 9.98 Å². The molecule has 0 radical (unpaired) electrons. The maximum absolute atomic E-state index is 13.2. The number of halogens is 5. The molecule has 0 aromatic carbocycles. The summed E-state index contributed by atoms with van der Waals surface area (Å²) in [4.78, 5) is 15.5. The Morgan fingerprint density at radius 3 is 1.65 bits per heavy atom. The van der Waals surface area contributed by atoms with Gasteiger partial charge in [-0.1, -0.05) is 0 Å². The van der Waals surface area contributed by atoms with E-state index < -0.39 is 35.2 Å². The van der Waals surface area contributed by atoms with E-state index in [1.165, 1.54) is 0 Å². The monoisotopic (exact) mass is 302 g/mol. The fourth-order valence-corrected chi connectivity index (χ4v) is 1.17. The molecule has 0 atom stereocenters. The van der Waals surface area contributed by atoms with Crippen molar-refractivity contribution < 1.29 is 61.4 Å². The smallest absolute Gasteiger partial charge is 0.545 e. The van der Waals surface area contributed by atoms with E-state index in [4.69, 9.17) is 10.5 Å². The third-order valence-electron chi connectivity index (χ3n) is 2.06. The number of rotatable bonds is 2. The molecule has 20 heavy (non-hydrogen) atoms. The maximum atomic E-state index is 13.2. The number of nitriles is 2. The minimum Gasteiger partial charge on any atom is -0.545 e. The molecule has 0 aliphatic carbocycles. The zero-order chi connectivity index (χ0) is 15.1. The summed E-state index contributed by atoms with van der Waals surface area (Å²) in [6, 6.07) is 2.01. The van der Waals surface area contributed by atoms with E-state index in [9.17, 15) is 31.9 Å². The Balaban J connectivity index is 0.00000361. The molecule has 0 fully saturated rings. The van der Waals surface area contributed by atoms with Gasteiger partial charge < -0.3 is 9.90 Å². The van der Waals surface area contributed by atoms with Crippen LogP contribution in [0.5, 0.6) is 0 Å². The topological polar surface area (TPSA) is 112 Å². The third-order valence-corrected chi connectivity index (χ3v) is 2.06. The van der Waals surface area contributed by atoms with Crippen molar-refractivity contribution in [2.45, 2.75) is 17.8 Å². The first kappa shape index (κ1) is 18.4. The Morgan fingerprint density at radius 2 is 1.45 bits per heavy atom. The number of hydrogen-bond donors (Lipinski definition) is 0. The van der Waals surface area contributed by atoms with Gasteiger partial charge in [-0.2, -0.15) is 32.5 Å². The molecule has 1 rings (SSSR count). The van der Waals surface area contributed by atoms with Gasteiger partial charge in [0, 0.05) is 0 Å². The number of carbonyl (C=O) groups excluding carboxylic acids is 1. The van der Waals surface area contributed by atoms with E-state index in [1.807, 2.05) is 0 Å². The van der Waals surface area contributed by atoms with Crippen molar-refractivity contribution in [3.63, 3.8) is 0 Å². The van der Waals surface area contributed by atoms with Crippen LogP contribution in [0.3, 0.4) is 0 Å². The van der Waals surface area contributed by atoms with Crippen molar-refractivity contribution >= 4 is 17.4 Å². The number of nitrogens with zero attached hydrogens (tertiary/aromatic N) is 4. The Hall–Kier alpha value is -1.56. The summed E-state index contributed by atoms with van der Waals surface area (Å²) in [6.07, 6.45) is -6.31. The number of aliphatic imine (C=N–C) groups is 2. The van der Waals surface area contributed by atoms with Gasteiger partial charge in [0.05, 0.1) is 5.97 Å². The fraction of sp³-hybridized carbons (Fsp3) is 0.375. The van der Waals surface area contributed by atoms with E-state index >= 15 is 0 Å². The van der Waals surface area contributed by atoms with Crippen molar-refractivity contribution in [2.24, 2.45) is 9.98 Å². The molecule has 1 heterocycles. The SMILES string of the molecule is N#CC1=NC(C(=O)[O-])(C(F)(F)C(F)(F)F)N=C1C#N.[Na+]. The van der Waals surface area contributed by atoms with Gasteiger partial charge in [0.15, 0.2) is 11.4 Å². The molecule has 100 valence electrons. The second-order valence-electron chi connectivity index (χ2n) is 3.18. The molecule has 12 heteroatoms. The quantitative estimate of drug-likeness (QED) is 0.390. The number of alkyl halides is 5. The van der Waals surface area contributed by atoms with Crippen LogP contribution in [0, 0.1) is 22.7 Å². The first-order valence-corrected chi connectivity index (χ1v) is 4.19. The van der Waals surface area contributed by atoms with Crippen molar-refractivity contribution in [2.75, 3.05) is 0 Å². The van der Waals surface area contributed by atoms with Crippen molar-refractivity contribution in [3.05, 3.63) is 0 Å². The zero-order valence-corrected chi connectivity index (χ0v) is 11.5. The molecule has 0 aromatic heterocycles. The third kappa shape index (κ3) is 2.40. The average Bonchev–Trinajstić information content (AvgIpc) is 2.67. The second-order valence-corrected chi connectivity index (χ2v) is 3.18. The molecule has 0 saturated carbocycles. The molecule has 1 aliphatic heterocycles. The first-order chi connectivity index (χ1) is 8.53. The Morgan fingerprint density at radius 1 is 1.10 bits per heavy atom. The normalized spacial score (nSPS) is 17.1. The molecule has 0 N–H and O–H groups in total. The molecule has 0 bridgehead atoms. The molecule has 1 aliphatic rings. The Labute approximate surface area is 129 Å². The first-order valence-electron chi connectivity index (χ1n) is 4.19.